The molecule has 0 aliphatic carbocycles. The minimum Gasteiger partial charge on any atom is -0.462 e. The summed E-state index contributed by atoms with van der Waals surface area (Å²) < 4.78 is 10.3. The van der Waals surface area contributed by atoms with E-state index < -0.39 is 5.97 Å². The van der Waals surface area contributed by atoms with E-state index in [1.807, 2.05) is 6.92 Å². The van der Waals surface area contributed by atoms with Gasteiger partial charge in [-0.3, -0.25) is 4.79 Å². The Labute approximate surface area is 137 Å². The first-order valence-electron chi connectivity index (χ1n) is 7.15. The fourth-order valence-corrected chi connectivity index (χ4v) is 2.31. The molecular weight excluding hydrogens is 318 g/mol. The molecule has 2 aromatic rings. The third-order valence-corrected chi connectivity index (χ3v) is 3.59. The summed E-state index contributed by atoms with van der Waals surface area (Å²) in [6.07, 6.45) is 0.646. The number of anilines is 1. The third kappa shape index (κ3) is 4.82. The van der Waals surface area contributed by atoms with Crippen molar-refractivity contribution in [1.82, 2.24) is 10.2 Å². The topological polar surface area (TPSA) is 94.3 Å². The molecule has 0 unspecified atom stereocenters. The molecule has 0 saturated carbocycles. The summed E-state index contributed by atoms with van der Waals surface area (Å²) in [5.41, 5.74) is 0.732. The molecule has 0 bridgehead atoms. The van der Waals surface area contributed by atoms with Gasteiger partial charge in [-0.15, -0.1) is 10.2 Å². The Bertz CT molecular complexity index is 687. The molecule has 0 radical (unpaired) electrons. The summed E-state index contributed by atoms with van der Waals surface area (Å²) in [6, 6.07) is 6.70. The number of esters is 1. The number of nitrogens with zero attached hydrogens (tertiary/aromatic N) is 2. The first-order valence-corrected chi connectivity index (χ1v) is 8.13. The predicted octanol–water partition coefficient (Wildman–Crippen LogP) is 2.54. The molecule has 0 spiro atoms. The van der Waals surface area contributed by atoms with Gasteiger partial charge in [0.1, 0.15) is 0 Å². The largest absolute Gasteiger partial charge is 0.462 e. The van der Waals surface area contributed by atoms with Crippen LogP contribution in [0.25, 0.3) is 0 Å². The van der Waals surface area contributed by atoms with Gasteiger partial charge in [0.2, 0.25) is 11.8 Å². The Hall–Kier alpha value is -2.35. The highest BCUT2D eigenvalue weighted by Gasteiger charge is 2.15. The number of hydrogen-bond acceptors (Lipinski definition) is 7. The predicted molar refractivity (Wildman–Crippen MR) is 85.4 cm³/mol. The highest BCUT2D eigenvalue weighted by atomic mass is 32.2. The molecule has 8 heteroatoms. The summed E-state index contributed by atoms with van der Waals surface area (Å²) in [6.45, 7) is 3.90. The van der Waals surface area contributed by atoms with Crippen molar-refractivity contribution < 1.29 is 18.7 Å². The van der Waals surface area contributed by atoms with Crippen LogP contribution in [0.4, 0.5) is 5.69 Å². The summed E-state index contributed by atoms with van der Waals surface area (Å²) in [7, 11) is 0. The second kappa shape index (κ2) is 8.33. The fraction of sp³-hybridized carbons (Fsp3) is 0.333. The van der Waals surface area contributed by atoms with Crippen molar-refractivity contribution in [2.45, 2.75) is 25.5 Å². The fourth-order valence-electron chi connectivity index (χ4n) is 1.73. The quantitative estimate of drug-likeness (QED) is 0.613. The lowest BCUT2D eigenvalue weighted by Crippen LogP contribution is -2.17. The first kappa shape index (κ1) is 17.0. The second-order valence-corrected chi connectivity index (χ2v) is 5.34. The van der Waals surface area contributed by atoms with Crippen LogP contribution >= 0.6 is 11.8 Å². The number of nitrogens with one attached hydrogen (secondary N) is 1. The minimum absolute atomic E-state index is 0.0997. The van der Waals surface area contributed by atoms with Crippen LogP contribution in [0.1, 0.15) is 30.1 Å². The maximum Gasteiger partial charge on any atom is 0.340 e. The van der Waals surface area contributed by atoms with E-state index in [2.05, 4.69) is 15.5 Å². The summed E-state index contributed by atoms with van der Waals surface area (Å²) in [5.74, 6) is -0.119. The van der Waals surface area contributed by atoms with Crippen LogP contribution < -0.4 is 5.32 Å². The number of carbonyl (C=O) groups excluding carboxylic acids is 2. The Balaban J connectivity index is 1.96. The SMILES string of the molecule is CCOC(=O)c1ccccc1NC(=O)CSc1nnc(CC)o1. The standard InChI is InChI=1S/C15H17N3O4S/c1-3-13-17-18-15(22-13)23-9-12(19)16-11-8-6-5-7-10(11)14(20)21-4-2/h5-8H,3-4,9H2,1-2H3,(H,16,19). The van der Waals surface area contributed by atoms with Crippen molar-refractivity contribution in [3.05, 3.63) is 35.7 Å². The molecule has 1 N–H and O–H groups in total. The molecule has 0 aliphatic heterocycles. The van der Waals surface area contributed by atoms with Gasteiger partial charge in [-0.25, -0.2) is 4.79 Å². The molecule has 7 nitrogen and oxygen atoms in total. The number of benzene rings is 1. The van der Waals surface area contributed by atoms with E-state index in [1.165, 1.54) is 0 Å². The maximum absolute atomic E-state index is 12.0. The van der Waals surface area contributed by atoms with E-state index >= 15 is 0 Å². The van der Waals surface area contributed by atoms with Gasteiger partial charge >= 0.3 is 5.97 Å². The van der Waals surface area contributed by atoms with Gasteiger partial charge in [0, 0.05) is 6.42 Å². The van der Waals surface area contributed by atoms with Crippen molar-refractivity contribution in [3.8, 4) is 0 Å². The molecule has 2 rings (SSSR count). The highest BCUT2D eigenvalue weighted by Crippen LogP contribution is 2.19. The van der Waals surface area contributed by atoms with Gasteiger partial charge in [0.25, 0.3) is 5.22 Å². The lowest BCUT2D eigenvalue weighted by atomic mass is 10.2. The second-order valence-electron chi connectivity index (χ2n) is 4.42. The summed E-state index contributed by atoms with van der Waals surface area (Å²) in [5, 5.41) is 10.7. The lowest BCUT2D eigenvalue weighted by Gasteiger charge is -2.09. The Morgan fingerprint density at radius 2 is 2.04 bits per heavy atom. The molecule has 0 fully saturated rings. The van der Waals surface area contributed by atoms with Crippen LogP contribution in [0.15, 0.2) is 33.9 Å². The van der Waals surface area contributed by atoms with Crippen molar-refractivity contribution in [3.63, 3.8) is 0 Å². The smallest absolute Gasteiger partial charge is 0.340 e. The van der Waals surface area contributed by atoms with Gasteiger partial charge in [0.15, 0.2) is 0 Å². The number of ether oxygens (including phenoxy) is 1. The molecular formula is C15H17N3O4S. The van der Waals surface area contributed by atoms with E-state index in [-0.39, 0.29) is 18.3 Å². The molecule has 1 aromatic heterocycles. The van der Waals surface area contributed by atoms with Gasteiger partial charge in [0.05, 0.1) is 23.6 Å². The zero-order valence-corrected chi connectivity index (χ0v) is 13.7. The Morgan fingerprint density at radius 1 is 1.26 bits per heavy atom. The van der Waals surface area contributed by atoms with Gasteiger partial charge < -0.3 is 14.5 Å². The van der Waals surface area contributed by atoms with Crippen molar-refractivity contribution in [2.24, 2.45) is 0 Å². The number of para-hydroxylation sites is 1. The molecule has 0 aliphatic rings. The van der Waals surface area contributed by atoms with Gasteiger partial charge in [-0.2, -0.15) is 0 Å². The molecule has 1 aromatic carbocycles. The van der Waals surface area contributed by atoms with Gasteiger partial charge in [-0.05, 0) is 19.1 Å². The molecule has 1 amide bonds. The maximum atomic E-state index is 12.0. The summed E-state index contributed by atoms with van der Waals surface area (Å²) >= 11 is 1.14. The van der Waals surface area contributed by atoms with Crippen molar-refractivity contribution in [1.29, 1.82) is 0 Å². The van der Waals surface area contributed by atoms with Crippen molar-refractivity contribution >= 4 is 29.3 Å². The molecule has 0 saturated heterocycles. The van der Waals surface area contributed by atoms with Crippen LogP contribution in [-0.2, 0) is 16.0 Å². The highest BCUT2D eigenvalue weighted by molar-refractivity contribution is 7.99. The van der Waals surface area contributed by atoms with E-state index in [1.54, 1.807) is 31.2 Å². The Kier molecular flexibility index (Phi) is 6.16. The number of thioether (sulfide) groups is 1. The van der Waals surface area contributed by atoms with Crippen LogP contribution in [0.3, 0.4) is 0 Å². The van der Waals surface area contributed by atoms with Crippen molar-refractivity contribution in [2.75, 3.05) is 17.7 Å². The number of rotatable bonds is 7. The number of carbonyl (C=O) groups is 2. The lowest BCUT2D eigenvalue weighted by molar-refractivity contribution is -0.113. The zero-order chi connectivity index (χ0) is 16.7. The number of amides is 1. The molecule has 1 heterocycles. The average molecular weight is 335 g/mol. The molecule has 122 valence electrons. The first-order chi connectivity index (χ1) is 11.1. The van der Waals surface area contributed by atoms with Crippen LogP contribution in [0.2, 0.25) is 0 Å². The third-order valence-electron chi connectivity index (χ3n) is 2.77. The average Bonchev–Trinajstić information content (AvgIpc) is 3.02. The van der Waals surface area contributed by atoms with Crippen LogP contribution in [0.5, 0.6) is 0 Å². The van der Waals surface area contributed by atoms with Gasteiger partial charge in [-0.1, -0.05) is 30.8 Å². The number of aromatic nitrogens is 2. The van der Waals surface area contributed by atoms with E-state index in [9.17, 15) is 9.59 Å². The van der Waals surface area contributed by atoms with E-state index in [0.717, 1.165) is 11.8 Å². The molecule has 0 atom stereocenters. The van der Waals surface area contributed by atoms with E-state index in [0.29, 0.717) is 28.8 Å². The van der Waals surface area contributed by atoms with Crippen LogP contribution in [-0.4, -0.2) is 34.4 Å². The normalized spacial score (nSPS) is 10.3. The zero-order valence-electron chi connectivity index (χ0n) is 12.9. The number of hydrogen-bond donors (Lipinski definition) is 1. The Morgan fingerprint density at radius 3 is 2.74 bits per heavy atom. The minimum atomic E-state index is -0.472. The monoisotopic (exact) mass is 335 g/mol. The molecule has 23 heavy (non-hydrogen) atoms. The van der Waals surface area contributed by atoms with E-state index in [4.69, 9.17) is 9.15 Å². The summed E-state index contributed by atoms with van der Waals surface area (Å²) in [4.78, 5) is 23.9. The number of aryl methyl sites for hydroxylation is 1. The van der Waals surface area contributed by atoms with Crippen LogP contribution in [0, 0.1) is 0 Å².